The monoisotopic (exact) mass is 698 g/mol. The van der Waals surface area contributed by atoms with Crippen LogP contribution in [0.25, 0.3) is 32.9 Å². The standard InChI is InChI=1S/C38H40F2N6O5/c1-3-26-29(39)9-8-23-17-25(47)18-27(31(23)26)33-32(40)34-28(19-41-33)35(44-12-6-15-50-16-14-44)43-36(42-34)51-22-38-10-4-7-30(38)46(13-5-11-38)24-20-45(21-24)37(48)49-2/h1,8-9,17-19,24,30,47H,4-7,10-16,20-22H2,2H3. The number of amides is 1. The van der Waals surface area contributed by atoms with Crippen LogP contribution in [0.4, 0.5) is 19.4 Å². The van der Waals surface area contributed by atoms with Gasteiger partial charge in [-0.3, -0.25) is 9.88 Å². The number of nitrogens with zero attached hydrogens (tertiary/aromatic N) is 6. The van der Waals surface area contributed by atoms with Gasteiger partial charge in [0.2, 0.25) is 0 Å². The second-order valence-corrected chi connectivity index (χ2v) is 14.1. The number of pyridine rings is 1. The van der Waals surface area contributed by atoms with Gasteiger partial charge in [-0.15, -0.1) is 6.42 Å². The summed E-state index contributed by atoms with van der Waals surface area (Å²) in [5.41, 5.74) is -0.147. The predicted octanol–water partition coefficient (Wildman–Crippen LogP) is 5.50. The van der Waals surface area contributed by atoms with Crippen LogP contribution in [0.1, 0.15) is 44.1 Å². The van der Waals surface area contributed by atoms with Crippen molar-refractivity contribution in [1.29, 1.82) is 0 Å². The molecule has 8 rings (SSSR count). The number of ether oxygens (including phenoxy) is 3. The molecule has 4 aromatic rings. The number of methoxy groups -OCH3 is 1. The Bertz CT molecular complexity index is 2040. The molecule has 5 heterocycles. The number of hydrogen-bond acceptors (Lipinski definition) is 10. The zero-order chi connectivity index (χ0) is 35.3. The van der Waals surface area contributed by atoms with Crippen LogP contribution >= 0.6 is 0 Å². The number of piperidine rings is 1. The van der Waals surface area contributed by atoms with Gasteiger partial charge in [-0.25, -0.2) is 13.6 Å². The number of halogens is 2. The van der Waals surface area contributed by atoms with Crippen molar-refractivity contribution in [3.05, 3.63) is 47.7 Å². The van der Waals surface area contributed by atoms with Crippen molar-refractivity contribution in [2.24, 2.45) is 5.41 Å². The molecule has 2 atom stereocenters. The summed E-state index contributed by atoms with van der Waals surface area (Å²) < 4.78 is 49.0. The lowest BCUT2D eigenvalue weighted by atomic mass is 9.74. The number of carbonyl (C=O) groups excluding carboxylic acids is 1. The molecular formula is C38H40F2N6O5. The van der Waals surface area contributed by atoms with Crippen molar-refractivity contribution in [2.45, 2.75) is 50.6 Å². The molecule has 4 fully saturated rings. The van der Waals surface area contributed by atoms with E-state index in [4.69, 9.17) is 25.6 Å². The third-order valence-corrected chi connectivity index (χ3v) is 11.2. The Labute approximate surface area is 294 Å². The quantitative estimate of drug-likeness (QED) is 0.259. The minimum Gasteiger partial charge on any atom is -0.508 e. The van der Waals surface area contributed by atoms with Gasteiger partial charge in [0.25, 0.3) is 0 Å². The molecule has 11 nitrogen and oxygen atoms in total. The van der Waals surface area contributed by atoms with Crippen LogP contribution in [0.15, 0.2) is 30.5 Å². The number of fused-ring (bicyclic) bond motifs is 3. The minimum atomic E-state index is -0.757. The van der Waals surface area contributed by atoms with Gasteiger partial charge in [-0.1, -0.05) is 18.4 Å². The summed E-state index contributed by atoms with van der Waals surface area (Å²) in [5.74, 6) is 1.35. The molecular weight excluding hydrogens is 658 g/mol. The van der Waals surface area contributed by atoms with Crippen molar-refractivity contribution >= 4 is 33.6 Å². The van der Waals surface area contributed by atoms with Gasteiger partial charge in [0.1, 0.15) is 28.6 Å². The molecule has 3 aliphatic heterocycles. The second-order valence-electron chi connectivity index (χ2n) is 14.1. The van der Waals surface area contributed by atoms with Gasteiger partial charge in [0.05, 0.1) is 31.3 Å². The van der Waals surface area contributed by atoms with E-state index in [1.54, 1.807) is 4.90 Å². The van der Waals surface area contributed by atoms with E-state index in [0.717, 1.165) is 45.1 Å². The Hall–Kier alpha value is -4.80. The van der Waals surface area contributed by atoms with Crippen LogP contribution in [-0.2, 0) is 9.47 Å². The van der Waals surface area contributed by atoms with Crippen molar-refractivity contribution in [3.8, 4) is 35.4 Å². The number of rotatable bonds is 6. The summed E-state index contributed by atoms with van der Waals surface area (Å²) in [7, 11) is 1.41. The predicted molar refractivity (Wildman–Crippen MR) is 187 cm³/mol. The summed E-state index contributed by atoms with van der Waals surface area (Å²) in [6.45, 7) is 4.92. The summed E-state index contributed by atoms with van der Waals surface area (Å²) in [5, 5.41) is 11.7. The Balaban J connectivity index is 1.17. The largest absolute Gasteiger partial charge is 0.508 e. The zero-order valence-electron chi connectivity index (χ0n) is 28.5. The molecule has 0 spiro atoms. The number of anilines is 1. The van der Waals surface area contributed by atoms with Gasteiger partial charge in [-0.2, -0.15) is 9.97 Å². The highest BCUT2D eigenvalue weighted by Gasteiger charge is 2.52. The van der Waals surface area contributed by atoms with Crippen molar-refractivity contribution < 1.29 is 32.9 Å². The van der Waals surface area contributed by atoms with E-state index in [2.05, 4.69) is 20.8 Å². The Morgan fingerprint density at radius 3 is 2.78 bits per heavy atom. The number of likely N-dealkylation sites (tertiary alicyclic amines) is 2. The molecule has 1 amide bonds. The maximum atomic E-state index is 16.9. The van der Waals surface area contributed by atoms with E-state index in [1.807, 2.05) is 4.90 Å². The van der Waals surface area contributed by atoms with Crippen LogP contribution in [0.3, 0.4) is 0 Å². The van der Waals surface area contributed by atoms with Gasteiger partial charge >= 0.3 is 12.1 Å². The molecule has 3 saturated heterocycles. The van der Waals surface area contributed by atoms with E-state index in [1.165, 1.54) is 37.6 Å². The van der Waals surface area contributed by atoms with E-state index in [0.29, 0.717) is 62.6 Å². The molecule has 1 N–H and O–H groups in total. The summed E-state index contributed by atoms with van der Waals surface area (Å²) in [4.78, 5) is 32.4. The molecule has 4 aliphatic rings. The molecule has 0 bridgehead atoms. The molecule has 2 aromatic heterocycles. The van der Waals surface area contributed by atoms with Crippen LogP contribution in [0, 0.1) is 29.4 Å². The SMILES string of the molecule is C#Cc1c(F)ccc2cc(O)cc(-c3ncc4c(N5CCCOCC5)nc(OCC56CCCC5N(C5CN(C(=O)OC)C5)CCC6)nc4c3F)c12. The van der Waals surface area contributed by atoms with Crippen LogP contribution in [-0.4, -0.2) is 108 Å². The molecule has 266 valence electrons. The topological polar surface area (TPSA) is 113 Å². The fourth-order valence-corrected chi connectivity index (χ4v) is 8.75. The molecule has 2 unspecified atom stereocenters. The summed E-state index contributed by atoms with van der Waals surface area (Å²) in [6, 6.07) is 6.13. The third kappa shape index (κ3) is 5.84. The smallest absolute Gasteiger partial charge is 0.409 e. The van der Waals surface area contributed by atoms with E-state index in [9.17, 15) is 14.3 Å². The first-order valence-corrected chi connectivity index (χ1v) is 17.6. The zero-order valence-corrected chi connectivity index (χ0v) is 28.5. The highest BCUT2D eigenvalue weighted by atomic mass is 19.1. The van der Waals surface area contributed by atoms with Gasteiger partial charge in [-0.05, 0) is 62.2 Å². The number of hydrogen-bond donors (Lipinski definition) is 1. The molecule has 1 saturated carbocycles. The summed E-state index contributed by atoms with van der Waals surface area (Å²) >= 11 is 0. The third-order valence-electron chi connectivity index (χ3n) is 11.2. The number of benzene rings is 2. The lowest BCUT2D eigenvalue weighted by molar-refractivity contribution is -0.0602. The Morgan fingerprint density at radius 2 is 1.96 bits per heavy atom. The van der Waals surface area contributed by atoms with E-state index >= 15 is 4.39 Å². The van der Waals surface area contributed by atoms with Crippen molar-refractivity contribution in [3.63, 3.8) is 0 Å². The van der Waals surface area contributed by atoms with E-state index in [-0.39, 0.29) is 63.1 Å². The van der Waals surface area contributed by atoms with Crippen molar-refractivity contribution in [1.82, 2.24) is 24.8 Å². The molecule has 0 radical (unpaired) electrons. The number of phenols is 1. The number of terminal acetylenes is 1. The molecule has 51 heavy (non-hydrogen) atoms. The number of phenolic OH excluding ortho intramolecular Hbond substituents is 1. The number of aromatic nitrogens is 3. The first kappa shape index (κ1) is 33.3. The van der Waals surface area contributed by atoms with Gasteiger partial charge in [0, 0.05) is 67.4 Å². The van der Waals surface area contributed by atoms with Crippen LogP contribution < -0.4 is 9.64 Å². The van der Waals surface area contributed by atoms with Gasteiger partial charge < -0.3 is 29.1 Å². The summed E-state index contributed by atoms with van der Waals surface area (Å²) in [6.07, 6.45) is 12.8. The highest BCUT2D eigenvalue weighted by Crippen LogP contribution is 2.49. The number of carbonyl (C=O) groups is 1. The fraction of sp³-hybridized carbons (Fsp3) is 0.474. The first-order chi connectivity index (χ1) is 24.8. The average Bonchev–Trinajstić information content (AvgIpc) is 3.37. The maximum Gasteiger partial charge on any atom is 0.409 e. The lowest BCUT2D eigenvalue weighted by Crippen LogP contribution is -2.66. The fourth-order valence-electron chi connectivity index (χ4n) is 8.75. The first-order valence-electron chi connectivity index (χ1n) is 17.6. The van der Waals surface area contributed by atoms with Crippen LogP contribution in [0.5, 0.6) is 11.8 Å². The normalized spacial score (nSPS) is 22.7. The average molecular weight is 699 g/mol. The second kappa shape index (κ2) is 13.4. The highest BCUT2D eigenvalue weighted by molar-refractivity contribution is 6.03. The van der Waals surface area contributed by atoms with Gasteiger partial charge in [0.15, 0.2) is 5.82 Å². The Kier molecular flexibility index (Phi) is 8.76. The van der Waals surface area contributed by atoms with Crippen LogP contribution in [0.2, 0.25) is 0 Å². The molecule has 1 aliphatic carbocycles. The van der Waals surface area contributed by atoms with Crippen molar-refractivity contribution in [2.75, 3.05) is 64.6 Å². The maximum absolute atomic E-state index is 16.9. The molecule has 2 aromatic carbocycles. The Morgan fingerprint density at radius 1 is 1.12 bits per heavy atom. The minimum absolute atomic E-state index is 0.00318. The lowest BCUT2D eigenvalue weighted by Gasteiger charge is -2.53. The molecule has 13 heteroatoms. The van der Waals surface area contributed by atoms with E-state index < -0.39 is 11.6 Å². The number of aromatic hydroxyl groups is 1.